The van der Waals surface area contributed by atoms with Crippen molar-refractivity contribution in [3.8, 4) is 0 Å². The summed E-state index contributed by atoms with van der Waals surface area (Å²) in [4.78, 5) is 76.3. The van der Waals surface area contributed by atoms with Gasteiger partial charge in [-0.1, -0.05) is 98.8 Å². The standard InChI is InChI=1S/C45H47N3O12/c1-43(2)26-55-41(53)38(43)57-33(50)20-19-27-15-17-28(18-16-27)25-48-36-40(52)56-32-24-44(36,42(54)47-22-9-14-31(47)39(51)46-21-23-49)37(60-48)35-34(32)58-45(59-35,29-10-5-3-6-11-29)30-12-7-4-8-13-30/h3-8,10-13,15-20,31-32,34-38,49H,9,14,21-26H2,1-2H3,(H,46,51)/t31-,32+,34+,35+,36+,37-,38+,44+/m1/s1. The molecule has 0 aromatic heterocycles. The number of benzene rings is 3. The van der Waals surface area contributed by atoms with E-state index in [0.717, 1.165) is 5.56 Å². The molecular formula is C45H47N3O12. The van der Waals surface area contributed by atoms with E-state index in [1.807, 2.05) is 72.8 Å². The van der Waals surface area contributed by atoms with Crippen LogP contribution in [0.1, 0.15) is 55.4 Å². The summed E-state index contributed by atoms with van der Waals surface area (Å²) < 4.78 is 30.7. The van der Waals surface area contributed by atoms with E-state index >= 15 is 4.79 Å². The highest BCUT2D eigenvalue weighted by Crippen LogP contribution is 2.60. The topological polar surface area (TPSA) is 179 Å². The molecular weight excluding hydrogens is 775 g/mol. The Labute approximate surface area is 346 Å². The number of aliphatic hydroxyl groups excluding tert-OH is 1. The Hall–Kier alpha value is -5.45. The minimum atomic E-state index is -1.52. The lowest BCUT2D eigenvalue weighted by Crippen LogP contribution is -2.70. The van der Waals surface area contributed by atoms with E-state index in [1.54, 1.807) is 37.0 Å². The first-order valence-electron chi connectivity index (χ1n) is 20.4. The molecule has 314 valence electrons. The molecule has 2 N–H and O–H groups in total. The fourth-order valence-corrected chi connectivity index (χ4v) is 9.68. The lowest BCUT2D eigenvalue weighted by atomic mass is 9.62. The fourth-order valence-electron chi connectivity index (χ4n) is 9.68. The highest BCUT2D eigenvalue weighted by molar-refractivity contribution is 5.96. The van der Waals surface area contributed by atoms with Gasteiger partial charge in [0.1, 0.15) is 42.5 Å². The number of fused-ring (bicyclic) bond motifs is 4. The molecule has 60 heavy (non-hydrogen) atoms. The summed E-state index contributed by atoms with van der Waals surface area (Å²) in [7, 11) is 0. The van der Waals surface area contributed by atoms with Crippen LogP contribution in [0.25, 0.3) is 6.08 Å². The third-order valence-corrected chi connectivity index (χ3v) is 12.6. The van der Waals surface area contributed by atoms with Gasteiger partial charge in [0.05, 0.1) is 13.2 Å². The average Bonchev–Trinajstić information content (AvgIpc) is 4.05. The zero-order chi connectivity index (χ0) is 41.8. The van der Waals surface area contributed by atoms with Gasteiger partial charge in [-0.15, -0.1) is 0 Å². The van der Waals surface area contributed by atoms with E-state index in [-0.39, 0.29) is 38.6 Å². The number of hydroxylamine groups is 2. The van der Waals surface area contributed by atoms with Crippen molar-refractivity contribution in [3.63, 3.8) is 0 Å². The normalized spacial score (nSPS) is 31.1. The van der Waals surface area contributed by atoms with Crippen LogP contribution >= 0.6 is 0 Å². The van der Waals surface area contributed by atoms with Crippen molar-refractivity contribution in [2.24, 2.45) is 10.8 Å². The van der Waals surface area contributed by atoms with Crippen molar-refractivity contribution in [2.45, 2.75) is 88.0 Å². The lowest BCUT2D eigenvalue weighted by molar-refractivity contribution is -0.214. The van der Waals surface area contributed by atoms with Crippen molar-refractivity contribution in [2.75, 3.05) is 26.3 Å². The van der Waals surface area contributed by atoms with E-state index in [1.165, 1.54) is 11.1 Å². The molecule has 15 heteroatoms. The summed E-state index contributed by atoms with van der Waals surface area (Å²) in [6.45, 7) is 3.91. The molecule has 0 radical (unpaired) electrons. The van der Waals surface area contributed by atoms with E-state index in [4.69, 9.17) is 28.5 Å². The van der Waals surface area contributed by atoms with Gasteiger partial charge in [-0.05, 0) is 30.0 Å². The number of carbonyl (C=O) groups excluding carboxylic acids is 5. The molecule has 5 aliphatic heterocycles. The van der Waals surface area contributed by atoms with Crippen LogP contribution in [-0.2, 0) is 64.8 Å². The summed E-state index contributed by atoms with van der Waals surface area (Å²) in [5.74, 6) is -4.10. The van der Waals surface area contributed by atoms with Crippen LogP contribution in [0, 0.1) is 10.8 Å². The molecule has 1 saturated carbocycles. The molecule has 5 saturated heterocycles. The largest absolute Gasteiger partial charge is 0.462 e. The van der Waals surface area contributed by atoms with Crippen LogP contribution in [0.5, 0.6) is 0 Å². The van der Waals surface area contributed by atoms with Gasteiger partial charge in [0.15, 0.2) is 6.04 Å². The summed E-state index contributed by atoms with van der Waals surface area (Å²) in [5.41, 5.74) is 0.672. The van der Waals surface area contributed by atoms with Crippen molar-refractivity contribution in [1.29, 1.82) is 0 Å². The Morgan fingerprint density at radius 2 is 1.60 bits per heavy atom. The van der Waals surface area contributed by atoms with Crippen molar-refractivity contribution in [1.82, 2.24) is 15.3 Å². The van der Waals surface area contributed by atoms with E-state index < -0.39 is 83.0 Å². The van der Waals surface area contributed by atoms with Gasteiger partial charge >= 0.3 is 17.9 Å². The summed E-state index contributed by atoms with van der Waals surface area (Å²) in [5, 5.41) is 13.6. The van der Waals surface area contributed by atoms with Crippen LogP contribution in [0.2, 0.25) is 0 Å². The van der Waals surface area contributed by atoms with Gasteiger partial charge in [0.2, 0.25) is 23.7 Å². The molecule has 3 aromatic carbocycles. The van der Waals surface area contributed by atoms with Gasteiger partial charge in [0, 0.05) is 42.1 Å². The predicted octanol–water partition coefficient (Wildman–Crippen LogP) is 2.78. The Kier molecular flexibility index (Phi) is 10.4. The molecule has 1 aliphatic carbocycles. The second kappa shape index (κ2) is 15.5. The molecule has 2 amide bonds. The monoisotopic (exact) mass is 821 g/mol. The number of aliphatic hydroxyl groups is 1. The van der Waals surface area contributed by atoms with Gasteiger partial charge in [-0.25, -0.2) is 9.59 Å². The minimum absolute atomic E-state index is 0.0446. The predicted molar refractivity (Wildman–Crippen MR) is 209 cm³/mol. The summed E-state index contributed by atoms with van der Waals surface area (Å²) >= 11 is 0. The first kappa shape index (κ1) is 40.0. The molecule has 15 nitrogen and oxygen atoms in total. The quantitative estimate of drug-likeness (QED) is 0.164. The number of esters is 3. The number of rotatable bonds is 11. The molecule has 9 rings (SSSR count). The van der Waals surface area contributed by atoms with Gasteiger partial charge < -0.3 is 39.0 Å². The maximum atomic E-state index is 15.4. The summed E-state index contributed by atoms with van der Waals surface area (Å²) in [6, 6.07) is 24.2. The Morgan fingerprint density at radius 1 is 0.917 bits per heavy atom. The number of ether oxygens (including phenoxy) is 5. The molecule has 6 aliphatic rings. The zero-order valence-corrected chi connectivity index (χ0v) is 33.3. The van der Waals surface area contributed by atoms with Crippen LogP contribution in [0.4, 0.5) is 0 Å². The molecule has 5 heterocycles. The number of carbonyl (C=O) groups is 5. The second-order valence-corrected chi connectivity index (χ2v) is 16.9. The highest BCUT2D eigenvalue weighted by atomic mass is 16.8. The number of hydrogen-bond acceptors (Lipinski definition) is 13. The zero-order valence-electron chi connectivity index (χ0n) is 33.3. The number of amides is 2. The van der Waals surface area contributed by atoms with Crippen LogP contribution in [0.3, 0.4) is 0 Å². The third-order valence-electron chi connectivity index (χ3n) is 12.6. The Morgan fingerprint density at radius 3 is 2.25 bits per heavy atom. The Bertz CT molecular complexity index is 2140. The average molecular weight is 822 g/mol. The van der Waals surface area contributed by atoms with E-state index in [2.05, 4.69) is 5.32 Å². The lowest BCUT2D eigenvalue weighted by Gasteiger charge is -2.50. The van der Waals surface area contributed by atoms with Crippen molar-refractivity contribution >= 4 is 35.8 Å². The Balaban J connectivity index is 1.03. The first-order valence-corrected chi connectivity index (χ1v) is 20.4. The van der Waals surface area contributed by atoms with Crippen LogP contribution < -0.4 is 5.32 Å². The molecule has 0 spiro atoms. The number of hydrogen-bond donors (Lipinski definition) is 2. The molecule has 0 unspecified atom stereocenters. The number of likely N-dealkylation sites (tertiary alicyclic amines) is 1. The minimum Gasteiger partial charge on any atom is -0.462 e. The third kappa shape index (κ3) is 6.68. The smallest absolute Gasteiger partial charge is 0.348 e. The van der Waals surface area contributed by atoms with Gasteiger partial charge in [-0.2, -0.15) is 5.06 Å². The maximum absolute atomic E-state index is 15.4. The SMILES string of the molecule is CC1(C)COC(=O)[C@@H]1OC(=O)C=Cc1ccc(CN2O[C@@H]3[C@H]4OC(c5ccccc5)(c5ccccc5)O[C@H]4[C@@H]4C[C@]3(C(=O)N3CCC[C@@H]3C(=O)NCCO)[C@@H]2C(=O)O4)cc1. The number of nitrogens with zero attached hydrogens (tertiary/aromatic N) is 2. The first-order chi connectivity index (χ1) is 28.9. The fraction of sp³-hybridized carbons (Fsp3) is 0.444. The highest BCUT2D eigenvalue weighted by Gasteiger charge is 2.77. The van der Waals surface area contributed by atoms with E-state index in [9.17, 15) is 24.3 Å². The number of nitrogens with one attached hydrogen (secondary N) is 1. The molecule has 6 fully saturated rings. The van der Waals surface area contributed by atoms with Crippen molar-refractivity contribution < 1.29 is 57.6 Å². The van der Waals surface area contributed by atoms with Crippen LogP contribution in [0.15, 0.2) is 91.0 Å². The summed E-state index contributed by atoms with van der Waals surface area (Å²) in [6.07, 6.45) is -0.699. The molecule has 2 bridgehead atoms. The number of cyclic esters (lactones) is 1. The van der Waals surface area contributed by atoms with Gasteiger partial charge in [-0.3, -0.25) is 19.2 Å². The van der Waals surface area contributed by atoms with Crippen LogP contribution in [-0.4, -0.2) is 114 Å². The second-order valence-electron chi connectivity index (χ2n) is 16.9. The maximum Gasteiger partial charge on any atom is 0.348 e. The van der Waals surface area contributed by atoms with Gasteiger partial charge in [0.25, 0.3) is 0 Å². The molecule has 3 aromatic rings. The molecule has 8 atom stereocenters. The van der Waals surface area contributed by atoms with Crippen molar-refractivity contribution in [3.05, 3.63) is 113 Å². The van der Waals surface area contributed by atoms with E-state index in [0.29, 0.717) is 36.1 Å².